The van der Waals surface area contributed by atoms with E-state index in [9.17, 15) is 0 Å². The molecule has 78 valence electrons. The normalized spacial score (nSPS) is 22.4. The summed E-state index contributed by atoms with van der Waals surface area (Å²) in [6, 6.07) is 0. The van der Waals surface area contributed by atoms with Crippen molar-refractivity contribution in [1.29, 1.82) is 0 Å². The van der Waals surface area contributed by atoms with Crippen molar-refractivity contribution in [3.8, 4) is 0 Å². The molecule has 0 saturated carbocycles. The monoisotopic (exact) mass is 187 g/mol. The fourth-order valence-electron chi connectivity index (χ4n) is 1.41. The topological polar surface area (TPSA) is 30.5 Å². The number of hydrogen-bond donors (Lipinski definition) is 1. The highest BCUT2D eigenvalue weighted by molar-refractivity contribution is 4.64. The summed E-state index contributed by atoms with van der Waals surface area (Å²) in [5.74, 6) is 0. The Morgan fingerprint density at radius 3 is 3.00 bits per heavy atom. The van der Waals surface area contributed by atoms with E-state index in [1.807, 2.05) is 0 Å². The van der Waals surface area contributed by atoms with E-state index in [0.717, 1.165) is 19.8 Å². The number of ether oxygens (including phenoxy) is 2. The summed E-state index contributed by atoms with van der Waals surface area (Å²) in [6.07, 6.45) is 5.38. The molecule has 3 heteroatoms. The van der Waals surface area contributed by atoms with E-state index in [4.69, 9.17) is 9.47 Å². The highest BCUT2D eigenvalue weighted by atomic mass is 16.5. The van der Waals surface area contributed by atoms with Crippen LogP contribution in [0.3, 0.4) is 0 Å². The standard InChI is InChI=1S/C10H21NO2/c1-2-3-4-5-6-12-8-10-7-11-9-13-10/h10-11H,2-9H2,1H3. The molecule has 1 N–H and O–H groups in total. The molecule has 0 bridgehead atoms. The second kappa shape index (κ2) is 7.30. The van der Waals surface area contributed by atoms with Gasteiger partial charge >= 0.3 is 0 Å². The first-order chi connectivity index (χ1) is 6.43. The molecule has 1 atom stereocenters. The van der Waals surface area contributed by atoms with Crippen LogP contribution in [0.15, 0.2) is 0 Å². The van der Waals surface area contributed by atoms with Crippen LogP contribution in [0.4, 0.5) is 0 Å². The molecule has 0 aromatic heterocycles. The van der Waals surface area contributed by atoms with Crippen molar-refractivity contribution in [2.75, 3.05) is 26.5 Å². The fraction of sp³-hybridized carbons (Fsp3) is 1.00. The van der Waals surface area contributed by atoms with Gasteiger partial charge in [0.05, 0.1) is 19.4 Å². The smallest absolute Gasteiger partial charge is 0.0971 e. The van der Waals surface area contributed by atoms with Crippen molar-refractivity contribution < 1.29 is 9.47 Å². The lowest BCUT2D eigenvalue weighted by atomic mass is 10.2. The van der Waals surface area contributed by atoms with E-state index in [1.54, 1.807) is 0 Å². The third-order valence-electron chi connectivity index (χ3n) is 2.24. The molecule has 1 aliphatic rings. The number of unbranched alkanes of at least 4 members (excludes halogenated alkanes) is 3. The maximum Gasteiger partial charge on any atom is 0.0971 e. The lowest BCUT2D eigenvalue weighted by molar-refractivity contribution is 0.0198. The van der Waals surface area contributed by atoms with Crippen molar-refractivity contribution in [2.45, 2.75) is 38.7 Å². The summed E-state index contributed by atoms with van der Waals surface area (Å²) < 4.78 is 10.8. The van der Waals surface area contributed by atoms with Gasteiger partial charge in [0.1, 0.15) is 0 Å². The Morgan fingerprint density at radius 2 is 2.31 bits per heavy atom. The van der Waals surface area contributed by atoms with Gasteiger partial charge in [-0.1, -0.05) is 26.2 Å². The molecule has 13 heavy (non-hydrogen) atoms. The zero-order valence-electron chi connectivity index (χ0n) is 8.55. The van der Waals surface area contributed by atoms with Crippen LogP contribution in [-0.2, 0) is 9.47 Å². The van der Waals surface area contributed by atoms with E-state index in [1.165, 1.54) is 25.7 Å². The second-order valence-electron chi connectivity index (χ2n) is 3.52. The molecule has 0 spiro atoms. The molecule has 1 aliphatic heterocycles. The van der Waals surface area contributed by atoms with Gasteiger partial charge in [0.2, 0.25) is 0 Å². The molecule has 1 saturated heterocycles. The fourth-order valence-corrected chi connectivity index (χ4v) is 1.41. The van der Waals surface area contributed by atoms with Crippen molar-refractivity contribution in [1.82, 2.24) is 5.32 Å². The molecule has 1 unspecified atom stereocenters. The van der Waals surface area contributed by atoms with Gasteiger partial charge in [-0.25, -0.2) is 0 Å². The van der Waals surface area contributed by atoms with Crippen molar-refractivity contribution in [2.24, 2.45) is 0 Å². The summed E-state index contributed by atoms with van der Waals surface area (Å²) >= 11 is 0. The van der Waals surface area contributed by atoms with E-state index < -0.39 is 0 Å². The maximum absolute atomic E-state index is 5.50. The second-order valence-corrected chi connectivity index (χ2v) is 3.52. The lowest BCUT2D eigenvalue weighted by Gasteiger charge is -2.08. The van der Waals surface area contributed by atoms with Gasteiger partial charge in [-0.05, 0) is 6.42 Å². The van der Waals surface area contributed by atoms with Gasteiger partial charge in [0, 0.05) is 13.2 Å². The molecule has 0 amide bonds. The van der Waals surface area contributed by atoms with Crippen LogP contribution in [-0.4, -0.2) is 32.6 Å². The van der Waals surface area contributed by atoms with Gasteiger partial charge < -0.3 is 9.47 Å². The average molecular weight is 187 g/mol. The molecule has 3 nitrogen and oxygen atoms in total. The SMILES string of the molecule is CCCCCCOCC1CNCO1. The molecule has 1 fully saturated rings. The van der Waals surface area contributed by atoms with Crippen LogP contribution in [0.2, 0.25) is 0 Å². The van der Waals surface area contributed by atoms with Crippen LogP contribution in [0.5, 0.6) is 0 Å². The Balaban J connectivity index is 1.78. The summed E-state index contributed by atoms with van der Waals surface area (Å²) in [5, 5.41) is 3.13. The minimum Gasteiger partial charge on any atom is -0.379 e. The molecule has 0 aromatic rings. The Bertz CT molecular complexity index is 113. The maximum atomic E-state index is 5.50. The lowest BCUT2D eigenvalue weighted by Crippen LogP contribution is -2.20. The molecule has 1 heterocycles. The minimum atomic E-state index is 0.283. The van der Waals surface area contributed by atoms with Gasteiger partial charge in [0.25, 0.3) is 0 Å². The van der Waals surface area contributed by atoms with Gasteiger partial charge in [-0.15, -0.1) is 0 Å². The number of hydrogen-bond acceptors (Lipinski definition) is 3. The zero-order valence-corrected chi connectivity index (χ0v) is 8.55. The molecule has 0 radical (unpaired) electrons. The van der Waals surface area contributed by atoms with E-state index >= 15 is 0 Å². The summed E-state index contributed by atoms with van der Waals surface area (Å²) in [5.41, 5.74) is 0. The molecule has 0 aliphatic carbocycles. The Kier molecular flexibility index (Phi) is 6.15. The van der Waals surface area contributed by atoms with E-state index in [0.29, 0.717) is 6.73 Å². The first-order valence-electron chi connectivity index (χ1n) is 5.33. The van der Waals surface area contributed by atoms with E-state index in [-0.39, 0.29) is 6.10 Å². The summed E-state index contributed by atoms with van der Waals surface area (Å²) in [4.78, 5) is 0. The Morgan fingerprint density at radius 1 is 1.38 bits per heavy atom. The third-order valence-corrected chi connectivity index (χ3v) is 2.24. The Labute approximate surface area is 80.8 Å². The zero-order chi connectivity index (χ0) is 9.36. The van der Waals surface area contributed by atoms with Gasteiger partial charge in [-0.2, -0.15) is 0 Å². The number of rotatable bonds is 7. The predicted molar refractivity (Wildman–Crippen MR) is 52.7 cm³/mol. The van der Waals surface area contributed by atoms with E-state index in [2.05, 4.69) is 12.2 Å². The quantitative estimate of drug-likeness (QED) is 0.613. The number of nitrogens with one attached hydrogen (secondary N) is 1. The molecular formula is C10H21NO2. The first-order valence-corrected chi connectivity index (χ1v) is 5.33. The van der Waals surface area contributed by atoms with Crippen molar-refractivity contribution in [3.63, 3.8) is 0 Å². The molecule has 0 aromatic carbocycles. The predicted octanol–water partition coefficient (Wildman–Crippen LogP) is 1.53. The van der Waals surface area contributed by atoms with Crippen molar-refractivity contribution >= 4 is 0 Å². The van der Waals surface area contributed by atoms with Crippen LogP contribution in [0.25, 0.3) is 0 Å². The van der Waals surface area contributed by atoms with Gasteiger partial charge in [-0.3, -0.25) is 5.32 Å². The third kappa shape index (κ3) is 5.24. The summed E-state index contributed by atoms with van der Waals surface area (Å²) in [6.45, 7) is 5.48. The van der Waals surface area contributed by atoms with Gasteiger partial charge in [0.15, 0.2) is 0 Å². The largest absolute Gasteiger partial charge is 0.379 e. The highest BCUT2D eigenvalue weighted by Gasteiger charge is 2.13. The highest BCUT2D eigenvalue weighted by Crippen LogP contribution is 2.01. The molecular weight excluding hydrogens is 166 g/mol. The van der Waals surface area contributed by atoms with Crippen LogP contribution >= 0.6 is 0 Å². The Hall–Kier alpha value is -0.120. The van der Waals surface area contributed by atoms with Crippen molar-refractivity contribution in [3.05, 3.63) is 0 Å². The van der Waals surface area contributed by atoms with Crippen LogP contribution < -0.4 is 5.32 Å². The van der Waals surface area contributed by atoms with Crippen LogP contribution in [0.1, 0.15) is 32.6 Å². The summed E-state index contributed by atoms with van der Waals surface area (Å²) in [7, 11) is 0. The first kappa shape index (κ1) is 11.0. The molecule has 1 rings (SSSR count). The minimum absolute atomic E-state index is 0.283. The average Bonchev–Trinajstić information content (AvgIpc) is 2.63. The van der Waals surface area contributed by atoms with Crippen LogP contribution in [0, 0.1) is 0 Å².